The first-order valence-corrected chi connectivity index (χ1v) is 6.51. The summed E-state index contributed by atoms with van der Waals surface area (Å²) in [5.41, 5.74) is 0.468. The Bertz CT molecular complexity index is 398. The minimum absolute atomic E-state index is 0.00236. The monoisotopic (exact) mass is 319 g/mol. The topological polar surface area (TPSA) is 38.3 Å². The van der Waals surface area contributed by atoms with Crippen molar-refractivity contribution >= 4 is 33.4 Å². The first-order chi connectivity index (χ1) is 8.10. The van der Waals surface area contributed by atoms with Crippen LogP contribution in [0.5, 0.6) is 0 Å². The first-order valence-electron chi connectivity index (χ1n) is 5.34. The molecule has 0 aliphatic heterocycles. The van der Waals surface area contributed by atoms with Gasteiger partial charge in [-0.1, -0.05) is 24.6 Å². The second kappa shape index (κ2) is 6.99. The van der Waals surface area contributed by atoms with E-state index in [0.29, 0.717) is 21.7 Å². The first kappa shape index (κ1) is 14.5. The number of halogens is 2. The number of ether oxygens (including phenoxy) is 1. The second-order valence-corrected chi connectivity index (χ2v) is 4.87. The molecule has 0 saturated carbocycles. The molecule has 0 bridgehead atoms. The van der Waals surface area contributed by atoms with Crippen LogP contribution in [0.15, 0.2) is 22.7 Å². The Hall–Kier alpha value is -0.580. The van der Waals surface area contributed by atoms with Gasteiger partial charge >= 0.3 is 0 Å². The van der Waals surface area contributed by atoms with E-state index in [1.54, 1.807) is 25.3 Å². The van der Waals surface area contributed by atoms with E-state index in [1.807, 2.05) is 6.92 Å². The molecule has 1 aromatic rings. The highest BCUT2D eigenvalue weighted by molar-refractivity contribution is 9.10. The second-order valence-electron chi connectivity index (χ2n) is 3.64. The van der Waals surface area contributed by atoms with Gasteiger partial charge in [0, 0.05) is 11.6 Å². The minimum atomic E-state index is -0.180. The zero-order valence-corrected chi connectivity index (χ0v) is 12.1. The maximum absolute atomic E-state index is 12.0. The molecule has 1 aromatic carbocycles. The van der Waals surface area contributed by atoms with Crippen LogP contribution in [-0.4, -0.2) is 25.7 Å². The Labute approximate surface area is 115 Å². The molecule has 17 heavy (non-hydrogen) atoms. The van der Waals surface area contributed by atoms with Crippen molar-refractivity contribution < 1.29 is 9.53 Å². The molecule has 0 spiro atoms. The molecule has 0 heterocycles. The van der Waals surface area contributed by atoms with Crippen LogP contribution in [0, 0.1) is 0 Å². The van der Waals surface area contributed by atoms with Gasteiger partial charge in [-0.25, -0.2) is 0 Å². The number of benzene rings is 1. The third-order valence-corrected chi connectivity index (χ3v) is 3.69. The number of hydrogen-bond acceptors (Lipinski definition) is 2. The minimum Gasteiger partial charge on any atom is -0.383 e. The lowest BCUT2D eigenvalue weighted by Crippen LogP contribution is -2.37. The van der Waals surface area contributed by atoms with Gasteiger partial charge in [-0.3, -0.25) is 4.79 Å². The van der Waals surface area contributed by atoms with Gasteiger partial charge in [-0.2, -0.15) is 0 Å². The molecule has 0 aliphatic rings. The van der Waals surface area contributed by atoms with Gasteiger partial charge in [0.2, 0.25) is 0 Å². The van der Waals surface area contributed by atoms with Crippen molar-refractivity contribution in [3.05, 3.63) is 33.3 Å². The third kappa shape index (κ3) is 3.98. The maximum Gasteiger partial charge on any atom is 0.253 e. The van der Waals surface area contributed by atoms with Gasteiger partial charge in [0.25, 0.3) is 5.91 Å². The summed E-state index contributed by atoms with van der Waals surface area (Å²) in [6.07, 6.45) is 0.811. The Morgan fingerprint density at radius 2 is 2.29 bits per heavy atom. The fraction of sp³-hybridized carbons (Fsp3) is 0.417. The van der Waals surface area contributed by atoms with E-state index in [9.17, 15) is 4.79 Å². The average Bonchev–Trinajstić information content (AvgIpc) is 2.31. The molecule has 0 radical (unpaired) electrons. The van der Waals surface area contributed by atoms with Crippen LogP contribution in [0.3, 0.4) is 0 Å². The van der Waals surface area contributed by atoms with E-state index in [4.69, 9.17) is 16.3 Å². The van der Waals surface area contributed by atoms with E-state index >= 15 is 0 Å². The highest BCUT2D eigenvalue weighted by Crippen LogP contribution is 2.25. The van der Waals surface area contributed by atoms with Crippen molar-refractivity contribution in [2.75, 3.05) is 13.7 Å². The molecule has 94 valence electrons. The molecule has 1 amide bonds. The Morgan fingerprint density at radius 1 is 1.59 bits per heavy atom. The summed E-state index contributed by atoms with van der Waals surface area (Å²) in [4.78, 5) is 12.0. The third-order valence-electron chi connectivity index (χ3n) is 2.39. The fourth-order valence-electron chi connectivity index (χ4n) is 1.41. The van der Waals surface area contributed by atoms with E-state index in [0.717, 1.165) is 6.42 Å². The molecule has 0 saturated heterocycles. The Balaban J connectivity index is 2.79. The fourth-order valence-corrected chi connectivity index (χ4v) is 1.98. The van der Waals surface area contributed by atoms with Crippen molar-refractivity contribution in [3.63, 3.8) is 0 Å². The van der Waals surface area contributed by atoms with Crippen molar-refractivity contribution in [1.82, 2.24) is 5.32 Å². The molecule has 1 atom stereocenters. The van der Waals surface area contributed by atoms with Gasteiger partial charge < -0.3 is 10.1 Å². The van der Waals surface area contributed by atoms with Crippen molar-refractivity contribution in [1.29, 1.82) is 0 Å². The zero-order chi connectivity index (χ0) is 12.8. The molecule has 1 rings (SSSR count). The number of methoxy groups -OCH3 is 1. The van der Waals surface area contributed by atoms with Gasteiger partial charge in [0.1, 0.15) is 0 Å². The van der Waals surface area contributed by atoms with Gasteiger partial charge in [0.05, 0.1) is 23.2 Å². The number of amides is 1. The van der Waals surface area contributed by atoms with Crippen molar-refractivity contribution in [2.45, 2.75) is 19.4 Å². The predicted octanol–water partition coefficient (Wildman–Crippen LogP) is 3.26. The standard InChI is InChI=1S/C12H15BrClNO2/c1-3-8(7-17-2)15-12(16)9-5-4-6-10(13)11(9)14/h4-6,8H,3,7H2,1-2H3,(H,15,16). The average molecular weight is 321 g/mol. The zero-order valence-electron chi connectivity index (χ0n) is 9.80. The molecule has 0 aliphatic carbocycles. The van der Waals surface area contributed by atoms with Crippen LogP contribution in [0.25, 0.3) is 0 Å². The lowest BCUT2D eigenvalue weighted by molar-refractivity contribution is 0.0894. The summed E-state index contributed by atoms with van der Waals surface area (Å²) in [6, 6.07) is 5.28. The highest BCUT2D eigenvalue weighted by atomic mass is 79.9. The maximum atomic E-state index is 12.0. The number of carbonyl (C=O) groups excluding carboxylic acids is 1. The van der Waals surface area contributed by atoms with Crippen LogP contribution in [0.1, 0.15) is 23.7 Å². The van der Waals surface area contributed by atoms with Crippen LogP contribution >= 0.6 is 27.5 Å². The SMILES string of the molecule is CCC(COC)NC(=O)c1cccc(Br)c1Cl. The van der Waals surface area contributed by atoms with E-state index in [-0.39, 0.29) is 11.9 Å². The molecule has 1 N–H and O–H groups in total. The smallest absolute Gasteiger partial charge is 0.253 e. The Morgan fingerprint density at radius 3 is 2.88 bits per heavy atom. The summed E-state index contributed by atoms with van der Waals surface area (Å²) in [5.74, 6) is -0.180. The number of carbonyl (C=O) groups is 1. The summed E-state index contributed by atoms with van der Waals surface area (Å²) in [5, 5.41) is 3.31. The van der Waals surface area contributed by atoms with Crippen LogP contribution in [0.4, 0.5) is 0 Å². The van der Waals surface area contributed by atoms with Gasteiger partial charge in [-0.05, 0) is 34.5 Å². The summed E-state index contributed by atoms with van der Waals surface area (Å²) < 4.78 is 5.74. The van der Waals surface area contributed by atoms with Crippen molar-refractivity contribution in [2.24, 2.45) is 0 Å². The van der Waals surface area contributed by atoms with Crippen LogP contribution in [-0.2, 0) is 4.74 Å². The molecule has 0 fully saturated rings. The lowest BCUT2D eigenvalue weighted by atomic mass is 10.2. The van der Waals surface area contributed by atoms with Crippen molar-refractivity contribution in [3.8, 4) is 0 Å². The number of rotatable bonds is 5. The molecule has 5 heteroatoms. The normalized spacial score (nSPS) is 12.2. The van der Waals surface area contributed by atoms with Crippen LogP contribution < -0.4 is 5.32 Å². The number of nitrogens with one attached hydrogen (secondary N) is 1. The predicted molar refractivity (Wildman–Crippen MR) is 72.6 cm³/mol. The number of hydrogen-bond donors (Lipinski definition) is 1. The van der Waals surface area contributed by atoms with Crippen LogP contribution in [0.2, 0.25) is 5.02 Å². The summed E-state index contributed by atoms with van der Waals surface area (Å²) in [6.45, 7) is 2.49. The van der Waals surface area contributed by atoms with E-state index in [2.05, 4.69) is 21.2 Å². The quantitative estimate of drug-likeness (QED) is 0.904. The molecule has 3 nitrogen and oxygen atoms in total. The van der Waals surface area contributed by atoms with Gasteiger partial charge in [0.15, 0.2) is 0 Å². The molecular formula is C12H15BrClNO2. The Kier molecular flexibility index (Phi) is 5.95. The largest absolute Gasteiger partial charge is 0.383 e. The summed E-state index contributed by atoms with van der Waals surface area (Å²) in [7, 11) is 1.61. The molecular weight excluding hydrogens is 305 g/mol. The lowest BCUT2D eigenvalue weighted by Gasteiger charge is -2.16. The molecule has 0 aromatic heterocycles. The highest BCUT2D eigenvalue weighted by Gasteiger charge is 2.15. The summed E-state index contributed by atoms with van der Waals surface area (Å²) >= 11 is 9.34. The van der Waals surface area contributed by atoms with E-state index < -0.39 is 0 Å². The van der Waals surface area contributed by atoms with E-state index in [1.165, 1.54) is 0 Å². The molecule has 1 unspecified atom stereocenters. The van der Waals surface area contributed by atoms with Gasteiger partial charge in [-0.15, -0.1) is 0 Å².